The lowest BCUT2D eigenvalue weighted by Crippen LogP contribution is -2.40. The maximum absolute atomic E-state index is 12.5. The Morgan fingerprint density at radius 1 is 1.22 bits per heavy atom. The first-order chi connectivity index (χ1) is 15.3. The van der Waals surface area contributed by atoms with Gasteiger partial charge in [-0.1, -0.05) is 24.3 Å². The van der Waals surface area contributed by atoms with Crippen LogP contribution in [-0.4, -0.2) is 50.3 Å². The SMILES string of the molecule is CC(C)(C)OC(=O)N1CCC[C@H]1CCNc1ccc2ncc(-c3ccc(CN)cc3)n2n1. The molecule has 3 aromatic rings. The number of carbonyl (C=O) groups excluding carboxylic acids is 1. The summed E-state index contributed by atoms with van der Waals surface area (Å²) >= 11 is 0. The molecule has 170 valence electrons. The Morgan fingerprint density at radius 3 is 2.72 bits per heavy atom. The van der Waals surface area contributed by atoms with E-state index in [4.69, 9.17) is 15.6 Å². The summed E-state index contributed by atoms with van der Waals surface area (Å²) in [6.07, 6.45) is 4.47. The van der Waals surface area contributed by atoms with Gasteiger partial charge in [-0.25, -0.2) is 14.3 Å². The highest BCUT2D eigenvalue weighted by atomic mass is 16.6. The fourth-order valence-corrected chi connectivity index (χ4v) is 4.04. The number of anilines is 1. The molecule has 1 aliphatic heterocycles. The van der Waals surface area contributed by atoms with Gasteiger partial charge in [0.2, 0.25) is 0 Å². The zero-order chi connectivity index (χ0) is 22.7. The van der Waals surface area contributed by atoms with Crippen LogP contribution in [0.5, 0.6) is 0 Å². The largest absolute Gasteiger partial charge is 0.444 e. The summed E-state index contributed by atoms with van der Waals surface area (Å²) in [5, 5.41) is 8.14. The minimum atomic E-state index is -0.477. The fraction of sp³-hybridized carbons (Fsp3) is 0.458. The molecule has 32 heavy (non-hydrogen) atoms. The van der Waals surface area contributed by atoms with Gasteiger partial charge in [0.15, 0.2) is 5.65 Å². The molecule has 1 saturated heterocycles. The standard InChI is InChI=1S/C24H32N6O2/c1-24(2,3)32-23(31)29-14-4-5-19(29)12-13-26-21-10-11-22-27-16-20(30(22)28-21)18-8-6-17(15-25)7-9-18/h6-11,16,19H,4-5,12-15,25H2,1-3H3,(H,26,28)/t19-/m0/s1. The first-order valence-electron chi connectivity index (χ1n) is 11.2. The fourth-order valence-electron chi connectivity index (χ4n) is 4.04. The number of ether oxygens (including phenoxy) is 1. The van der Waals surface area contributed by atoms with Crippen molar-refractivity contribution in [3.8, 4) is 11.3 Å². The Bertz CT molecular complexity index is 1070. The third-order valence-electron chi connectivity index (χ3n) is 5.64. The van der Waals surface area contributed by atoms with Gasteiger partial charge in [0.05, 0.1) is 11.9 Å². The molecule has 3 heterocycles. The molecule has 0 bridgehead atoms. The Morgan fingerprint density at radius 2 is 2.00 bits per heavy atom. The van der Waals surface area contributed by atoms with E-state index in [0.29, 0.717) is 6.54 Å². The van der Waals surface area contributed by atoms with E-state index < -0.39 is 5.60 Å². The average Bonchev–Trinajstić information content (AvgIpc) is 3.39. The van der Waals surface area contributed by atoms with E-state index in [9.17, 15) is 4.79 Å². The Balaban J connectivity index is 1.41. The Labute approximate surface area is 188 Å². The smallest absolute Gasteiger partial charge is 0.410 e. The van der Waals surface area contributed by atoms with E-state index in [1.165, 1.54) is 0 Å². The lowest BCUT2D eigenvalue weighted by Gasteiger charge is -2.28. The van der Waals surface area contributed by atoms with Gasteiger partial charge in [-0.2, -0.15) is 0 Å². The van der Waals surface area contributed by atoms with Crippen LogP contribution in [0.25, 0.3) is 16.9 Å². The molecular formula is C24H32N6O2. The zero-order valence-electron chi connectivity index (χ0n) is 19.0. The topological polar surface area (TPSA) is 97.8 Å². The second-order valence-electron chi connectivity index (χ2n) is 9.22. The van der Waals surface area contributed by atoms with Crippen LogP contribution in [0.2, 0.25) is 0 Å². The number of rotatable bonds is 6. The van der Waals surface area contributed by atoms with Crippen LogP contribution >= 0.6 is 0 Å². The normalized spacial score (nSPS) is 16.5. The van der Waals surface area contributed by atoms with Gasteiger partial charge >= 0.3 is 6.09 Å². The molecular weight excluding hydrogens is 404 g/mol. The molecule has 1 fully saturated rings. The van der Waals surface area contributed by atoms with Crippen molar-refractivity contribution in [2.75, 3.05) is 18.4 Å². The number of nitrogens with zero attached hydrogens (tertiary/aromatic N) is 4. The molecule has 1 amide bonds. The summed E-state index contributed by atoms with van der Waals surface area (Å²) in [6, 6.07) is 12.2. The van der Waals surface area contributed by atoms with Crippen LogP contribution in [-0.2, 0) is 11.3 Å². The number of imidazole rings is 1. The summed E-state index contributed by atoms with van der Waals surface area (Å²) < 4.78 is 7.41. The number of benzene rings is 1. The number of carbonyl (C=O) groups is 1. The van der Waals surface area contributed by atoms with Gasteiger partial charge in [-0.05, 0) is 57.7 Å². The predicted molar refractivity (Wildman–Crippen MR) is 125 cm³/mol. The van der Waals surface area contributed by atoms with Crippen LogP contribution in [0.4, 0.5) is 10.6 Å². The summed E-state index contributed by atoms with van der Waals surface area (Å²) in [5.74, 6) is 0.775. The number of hydrogen-bond acceptors (Lipinski definition) is 6. The van der Waals surface area contributed by atoms with E-state index in [1.807, 2.05) is 72.8 Å². The molecule has 4 rings (SSSR count). The van der Waals surface area contributed by atoms with E-state index >= 15 is 0 Å². The minimum absolute atomic E-state index is 0.186. The summed E-state index contributed by atoms with van der Waals surface area (Å²) in [5.41, 5.74) is 9.08. The number of fused-ring (bicyclic) bond motifs is 1. The molecule has 0 unspecified atom stereocenters. The van der Waals surface area contributed by atoms with Gasteiger partial charge in [-0.3, -0.25) is 0 Å². The number of likely N-dealkylation sites (tertiary alicyclic amines) is 1. The number of nitrogens with one attached hydrogen (secondary N) is 1. The first kappa shape index (κ1) is 22.1. The van der Waals surface area contributed by atoms with E-state index in [1.54, 1.807) is 0 Å². The van der Waals surface area contributed by atoms with Crippen LogP contribution in [0, 0.1) is 0 Å². The number of nitrogens with two attached hydrogens (primary N) is 1. The predicted octanol–water partition coefficient (Wildman–Crippen LogP) is 4.06. The minimum Gasteiger partial charge on any atom is -0.444 e. The Kier molecular flexibility index (Phi) is 6.32. The lowest BCUT2D eigenvalue weighted by molar-refractivity contribution is 0.0223. The maximum atomic E-state index is 12.5. The molecule has 0 radical (unpaired) electrons. The molecule has 8 nitrogen and oxygen atoms in total. The molecule has 0 aliphatic carbocycles. The van der Waals surface area contributed by atoms with Crippen LogP contribution < -0.4 is 11.1 Å². The molecule has 8 heteroatoms. The molecule has 1 aliphatic rings. The van der Waals surface area contributed by atoms with Gasteiger partial charge < -0.3 is 20.7 Å². The molecule has 1 aromatic carbocycles. The quantitative estimate of drug-likeness (QED) is 0.605. The van der Waals surface area contributed by atoms with Crippen molar-refractivity contribution in [3.05, 3.63) is 48.2 Å². The van der Waals surface area contributed by atoms with Crippen LogP contribution in [0.1, 0.15) is 45.6 Å². The Hall–Kier alpha value is -3.13. The number of aromatic nitrogens is 3. The molecule has 2 aromatic heterocycles. The van der Waals surface area contributed by atoms with Crippen molar-refractivity contribution in [2.24, 2.45) is 5.73 Å². The van der Waals surface area contributed by atoms with Crippen molar-refractivity contribution < 1.29 is 9.53 Å². The lowest BCUT2D eigenvalue weighted by atomic mass is 10.1. The van der Waals surface area contributed by atoms with Crippen molar-refractivity contribution in [3.63, 3.8) is 0 Å². The van der Waals surface area contributed by atoms with Gasteiger partial charge in [-0.15, -0.1) is 5.10 Å². The second-order valence-corrected chi connectivity index (χ2v) is 9.22. The van der Waals surface area contributed by atoms with Crippen LogP contribution in [0.15, 0.2) is 42.6 Å². The highest BCUT2D eigenvalue weighted by Crippen LogP contribution is 2.24. The van der Waals surface area contributed by atoms with E-state index in [-0.39, 0.29) is 12.1 Å². The number of hydrogen-bond donors (Lipinski definition) is 2. The van der Waals surface area contributed by atoms with Crippen molar-refractivity contribution in [2.45, 2.75) is 58.2 Å². The zero-order valence-corrected chi connectivity index (χ0v) is 19.0. The van der Waals surface area contributed by atoms with Gasteiger partial charge in [0.25, 0.3) is 0 Å². The third kappa shape index (κ3) is 5.02. The summed E-state index contributed by atoms with van der Waals surface area (Å²) in [4.78, 5) is 18.8. The summed E-state index contributed by atoms with van der Waals surface area (Å²) in [6.45, 7) is 7.69. The maximum Gasteiger partial charge on any atom is 0.410 e. The summed E-state index contributed by atoms with van der Waals surface area (Å²) in [7, 11) is 0. The average molecular weight is 437 g/mol. The van der Waals surface area contributed by atoms with Crippen LogP contribution in [0.3, 0.4) is 0 Å². The van der Waals surface area contributed by atoms with Crippen molar-refractivity contribution >= 4 is 17.6 Å². The molecule has 0 spiro atoms. The first-order valence-corrected chi connectivity index (χ1v) is 11.2. The van der Waals surface area contributed by atoms with E-state index in [0.717, 1.165) is 60.6 Å². The highest BCUT2D eigenvalue weighted by Gasteiger charge is 2.31. The van der Waals surface area contributed by atoms with Gasteiger partial charge in [0, 0.05) is 31.2 Å². The molecule has 3 N–H and O–H groups in total. The number of amides is 1. The van der Waals surface area contributed by atoms with E-state index in [2.05, 4.69) is 10.3 Å². The second kappa shape index (κ2) is 9.16. The highest BCUT2D eigenvalue weighted by molar-refractivity contribution is 5.69. The van der Waals surface area contributed by atoms with Crippen molar-refractivity contribution in [1.82, 2.24) is 19.5 Å². The van der Waals surface area contributed by atoms with Gasteiger partial charge in [0.1, 0.15) is 11.4 Å². The monoisotopic (exact) mass is 436 g/mol. The molecule has 0 saturated carbocycles. The third-order valence-corrected chi connectivity index (χ3v) is 5.64. The molecule has 1 atom stereocenters. The van der Waals surface area contributed by atoms with Crippen molar-refractivity contribution in [1.29, 1.82) is 0 Å².